The van der Waals surface area contributed by atoms with E-state index in [0.717, 1.165) is 22.3 Å². The summed E-state index contributed by atoms with van der Waals surface area (Å²) >= 11 is 6.08. The van der Waals surface area contributed by atoms with Gasteiger partial charge in [0.2, 0.25) is 0 Å². The minimum absolute atomic E-state index is 0.128. The van der Waals surface area contributed by atoms with Crippen LogP contribution in [-0.2, 0) is 9.47 Å². The van der Waals surface area contributed by atoms with Crippen molar-refractivity contribution in [2.45, 2.75) is 12.2 Å². The van der Waals surface area contributed by atoms with Crippen LogP contribution in [0.15, 0.2) is 115 Å². The van der Waals surface area contributed by atoms with Crippen LogP contribution in [-0.4, -0.2) is 13.2 Å². The van der Waals surface area contributed by atoms with Gasteiger partial charge in [-0.05, 0) is 34.4 Å². The summed E-state index contributed by atoms with van der Waals surface area (Å²) in [5.74, 6) is 0. The van der Waals surface area contributed by atoms with Crippen LogP contribution in [0, 0.1) is 0 Å². The first-order valence-electron chi connectivity index (χ1n) is 10.4. The van der Waals surface area contributed by atoms with E-state index >= 15 is 0 Å². The molecule has 2 nitrogen and oxygen atoms in total. The predicted molar refractivity (Wildman–Crippen MR) is 126 cm³/mol. The first-order valence-corrected chi connectivity index (χ1v) is 10.8. The molecule has 0 saturated heterocycles. The lowest BCUT2D eigenvalue weighted by molar-refractivity contribution is -0.000904. The Bertz CT molecular complexity index is 995. The van der Waals surface area contributed by atoms with Crippen LogP contribution in [0.2, 0.25) is 5.02 Å². The fraction of sp³-hybridized carbons (Fsp3) is 0.143. The number of halogens is 1. The van der Waals surface area contributed by atoms with Crippen molar-refractivity contribution in [3.63, 3.8) is 0 Å². The Hall–Kier alpha value is -2.91. The molecule has 0 radical (unpaired) electrons. The first-order chi connectivity index (χ1) is 15.3. The van der Waals surface area contributed by atoms with Gasteiger partial charge in [0.05, 0.1) is 13.2 Å². The van der Waals surface area contributed by atoms with E-state index in [0.29, 0.717) is 18.2 Å². The molecule has 0 N–H and O–H groups in total. The van der Waals surface area contributed by atoms with Crippen molar-refractivity contribution in [2.24, 2.45) is 0 Å². The lowest BCUT2D eigenvalue weighted by Crippen LogP contribution is -2.14. The standard InChI is InChI=1S/C28H25ClO2/c29-26-18-16-25(17-19-26)28(24-14-8-3-9-15-24)31-21-20-30-27(22-10-4-1-5-11-22)23-12-6-2-7-13-23/h1-19,27-28H,20-21H2. The fourth-order valence-corrected chi connectivity index (χ4v) is 3.75. The topological polar surface area (TPSA) is 18.5 Å². The van der Waals surface area contributed by atoms with Gasteiger partial charge in [-0.25, -0.2) is 0 Å². The van der Waals surface area contributed by atoms with Gasteiger partial charge in [0, 0.05) is 5.02 Å². The highest BCUT2D eigenvalue weighted by Crippen LogP contribution is 2.28. The van der Waals surface area contributed by atoms with Crippen molar-refractivity contribution in [1.29, 1.82) is 0 Å². The van der Waals surface area contributed by atoms with Gasteiger partial charge in [-0.3, -0.25) is 0 Å². The van der Waals surface area contributed by atoms with Gasteiger partial charge in [0.1, 0.15) is 12.2 Å². The second-order valence-electron chi connectivity index (χ2n) is 7.29. The lowest BCUT2D eigenvalue weighted by atomic mass is 10.0. The Morgan fingerprint density at radius 2 is 0.774 bits per heavy atom. The van der Waals surface area contributed by atoms with Crippen molar-refractivity contribution in [3.8, 4) is 0 Å². The highest BCUT2D eigenvalue weighted by Gasteiger charge is 2.17. The largest absolute Gasteiger partial charge is 0.366 e. The van der Waals surface area contributed by atoms with E-state index in [1.165, 1.54) is 0 Å². The molecule has 0 saturated carbocycles. The average Bonchev–Trinajstić information content (AvgIpc) is 2.84. The fourth-order valence-electron chi connectivity index (χ4n) is 3.62. The maximum atomic E-state index is 6.31. The molecular formula is C28H25ClO2. The third-order valence-corrected chi connectivity index (χ3v) is 5.38. The molecule has 0 fully saturated rings. The summed E-state index contributed by atoms with van der Waals surface area (Å²) in [5, 5.41) is 0.715. The molecule has 0 aromatic heterocycles. The van der Waals surface area contributed by atoms with E-state index in [1.54, 1.807) is 0 Å². The molecule has 31 heavy (non-hydrogen) atoms. The number of rotatable bonds is 9. The number of benzene rings is 4. The van der Waals surface area contributed by atoms with Crippen molar-refractivity contribution in [3.05, 3.63) is 143 Å². The Kier molecular flexibility index (Phi) is 7.51. The van der Waals surface area contributed by atoms with Crippen molar-refractivity contribution in [2.75, 3.05) is 13.2 Å². The van der Waals surface area contributed by atoms with Crippen LogP contribution in [0.4, 0.5) is 0 Å². The second-order valence-corrected chi connectivity index (χ2v) is 7.72. The summed E-state index contributed by atoms with van der Waals surface area (Å²) in [5.41, 5.74) is 4.43. The normalized spacial score (nSPS) is 12.1. The van der Waals surface area contributed by atoms with Gasteiger partial charge in [-0.2, -0.15) is 0 Å². The maximum Gasteiger partial charge on any atom is 0.108 e. The molecule has 0 spiro atoms. The monoisotopic (exact) mass is 428 g/mol. The smallest absolute Gasteiger partial charge is 0.108 e. The van der Waals surface area contributed by atoms with Gasteiger partial charge in [-0.1, -0.05) is 115 Å². The van der Waals surface area contributed by atoms with Gasteiger partial charge >= 0.3 is 0 Å². The molecule has 3 heteroatoms. The molecule has 4 aromatic rings. The summed E-state index contributed by atoms with van der Waals surface area (Å²) in [7, 11) is 0. The Morgan fingerprint density at radius 1 is 0.452 bits per heavy atom. The highest BCUT2D eigenvalue weighted by molar-refractivity contribution is 6.30. The Labute approximate surface area is 189 Å². The van der Waals surface area contributed by atoms with E-state index in [1.807, 2.05) is 78.9 Å². The van der Waals surface area contributed by atoms with Crippen LogP contribution in [0.1, 0.15) is 34.5 Å². The molecule has 1 atom stereocenters. The second kappa shape index (κ2) is 10.9. The Balaban J connectivity index is 1.45. The lowest BCUT2D eigenvalue weighted by Gasteiger charge is -2.22. The van der Waals surface area contributed by atoms with Gasteiger partial charge in [0.25, 0.3) is 0 Å². The summed E-state index contributed by atoms with van der Waals surface area (Å²) in [6.45, 7) is 0.948. The van der Waals surface area contributed by atoms with Gasteiger partial charge < -0.3 is 9.47 Å². The summed E-state index contributed by atoms with van der Waals surface area (Å²) in [6.07, 6.45) is -0.300. The highest BCUT2D eigenvalue weighted by atomic mass is 35.5. The molecule has 0 bridgehead atoms. The summed E-state index contributed by atoms with van der Waals surface area (Å²) < 4.78 is 12.6. The van der Waals surface area contributed by atoms with E-state index in [4.69, 9.17) is 21.1 Å². The van der Waals surface area contributed by atoms with E-state index in [-0.39, 0.29) is 12.2 Å². The predicted octanol–water partition coefficient (Wildman–Crippen LogP) is 7.25. The summed E-state index contributed by atoms with van der Waals surface area (Å²) in [6, 6.07) is 38.6. The maximum absolute atomic E-state index is 6.31. The minimum atomic E-state index is -0.172. The molecule has 0 amide bonds. The van der Waals surface area contributed by atoms with Crippen LogP contribution in [0.3, 0.4) is 0 Å². The molecule has 0 aliphatic rings. The molecule has 156 valence electrons. The number of hydrogen-bond acceptors (Lipinski definition) is 2. The number of hydrogen-bond donors (Lipinski definition) is 0. The Morgan fingerprint density at radius 3 is 1.13 bits per heavy atom. The molecule has 4 aromatic carbocycles. The minimum Gasteiger partial charge on any atom is -0.366 e. The van der Waals surface area contributed by atoms with E-state index in [2.05, 4.69) is 36.4 Å². The zero-order valence-corrected chi connectivity index (χ0v) is 18.0. The van der Waals surface area contributed by atoms with Crippen LogP contribution in [0.25, 0.3) is 0 Å². The van der Waals surface area contributed by atoms with Crippen molar-refractivity contribution in [1.82, 2.24) is 0 Å². The van der Waals surface area contributed by atoms with Gasteiger partial charge in [-0.15, -0.1) is 0 Å². The van der Waals surface area contributed by atoms with Crippen molar-refractivity contribution >= 4 is 11.6 Å². The molecule has 0 aliphatic heterocycles. The third kappa shape index (κ3) is 5.83. The average molecular weight is 429 g/mol. The number of ether oxygens (including phenoxy) is 2. The zero-order valence-electron chi connectivity index (χ0n) is 17.2. The molecule has 0 heterocycles. The van der Waals surface area contributed by atoms with Crippen LogP contribution in [0.5, 0.6) is 0 Å². The van der Waals surface area contributed by atoms with Gasteiger partial charge in [0.15, 0.2) is 0 Å². The summed E-state index contributed by atoms with van der Waals surface area (Å²) in [4.78, 5) is 0. The SMILES string of the molecule is Clc1ccc(C(OCCOC(c2ccccc2)c2ccccc2)c2ccccc2)cc1. The van der Waals surface area contributed by atoms with E-state index < -0.39 is 0 Å². The van der Waals surface area contributed by atoms with Crippen molar-refractivity contribution < 1.29 is 9.47 Å². The quantitative estimate of drug-likeness (QED) is 0.261. The molecular weight excluding hydrogens is 404 g/mol. The first kappa shape index (κ1) is 21.3. The molecule has 0 aliphatic carbocycles. The van der Waals surface area contributed by atoms with Crippen LogP contribution < -0.4 is 0 Å². The molecule has 4 rings (SSSR count). The van der Waals surface area contributed by atoms with Crippen LogP contribution >= 0.6 is 11.6 Å². The third-order valence-electron chi connectivity index (χ3n) is 5.13. The molecule has 1 unspecified atom stereocenters. The zero-order chi connectivity index (χ0) is 21.3. The van der Waals surface area contributed by atoms with E-state index in [9.17, 15) is 0 Å².